The first-order chi connectivity index (χ1) is 31.5. The number of ether oxygens (including phenoxy) is 3. The Morgan fingerprint density at radius 2 is 0.578 bits per heavy atom. The van der Waals surface area contributed by atoms with E-state index in [1.54, 1.807) is 0 Å². The van der Waals surface area contributed by atoms with Gasteiger partial charge in [0.05, 0.1) is 0 Å². The van der Waals surface area contributed by atoms with E-state index >= 15 is 0 Å². The minimum absolute atomic E-state index is 0.0758. The number of carbonyl (C=O) groups excluding carboxylic acids is 3. The fourth-order valence-corrected chi connectivity index (χ4v) is 8.10. The van der Waals surface area contributed by atoms with Gasteiger partial charge in [0.25, 0.3) is 0 Å². The van der Waals surface area contributed by atoms with E-state index in [1.807, 2.05) is 0 Å². The summed E-state index contributed by atoms with van der Waals surface area (Å²) >= 11 is 0. The molecule has 0 radical (unpaired) electrons. The van der Waals surface area contributed by atoms with Gasteiger partial charge in [-0.25, -0.2) is 0 Å². The predicted molar refractivity (Wildman–Crippen MR) is 275 cm³/mol. The fourth-order valence-electron chi connectivity index (χ4n) is 8.10. The molecule has 6 heteroatoms. The van der Waals surface area contributed by atoms with Crippen LogP contribution in [0.25, 0.3) is 0 Å². The van der Waals surface area contributed by atoms with Crippen molar-refractivity contribution in [3.8, 4) is 0 Å². The Kier molecular flexibility index (Phi) is 51.3. The monoisotopic (exact) mass is 899 g/mol. The molecule has 0 spiro atoms. The van der Waals surface area contributed by atoms with Gasteiger partial charge in [0.15, 0.2) is 6.10 Å². The molecule has 0 aromatic rings. The summed E-state index contributed by atoms with van der Waals surface area (Å²) < 4.78 is 16.8. The Balaban J connectivity index is 4.32. The van der Waals surface area contributed by atoms with Crippen LogP contribution < -0.4 is 0 Å². The first-order valence-corrected chi connectivity index (χ1v) is 28.0. The number of rotatable bonds is 51. The quantitative estimate of drug-likeness (QED) is 0.0262. The summed E-state index contributed by atoms with van der Waals surface area (Å²) in [6, 6.07) is 0. The SMILES string of the molecule is CCCC/C=C\CCCCCCCC(=O)OCC(COC(=O)CCCCCCCCC/C=C\C/C=C\CCCCCC)OC(=O)CCCCCCCCCCCCCCCCCCC. The molecule has 0 fully saturated rings. The van der Waals surface area contributed by atoms with Gasteiger partial charge in [-0.2, -0.15) is 0 Å². The lowest BCUT2D eigenvalue weighted by atomic mass is 10.0. The van der Waals surface area contributed by atoms with Crippen LogP contribution in [0.15, 0.2) is 36.5 Å². The molecule has 0 heterocycles. The van der Waals surface area contributed by atoms with Crippen LogP contribution in [0.1, 0.15) is 297 Å². The third-order valence-corrected chi connectivity index (χ3v) is 12.4. The van der Waals surface area contributed by atoms with E-state index in [9.17, 15) is 14.4 Å². The van der Waals surface area contributed by atoms with Crippen molar-refractivity contribution >= 4 is 17.9 Å². The molecule has 0 aliphatic heterocycles. The van der Waals surface area contributed by atoms with Gasteiger partial charge >= 0.3 is 17.9 Å². The average Bonchev–Trinajstić information content (AvgIpc) is 3.29. The van der Waals surface area contributed by atoms with Crippen LogP contribution in [0, 0.1) is 0 Å². The van der Waals surface area contributed by atoms with Crippen molar-refractivity contribution in [1.82, 2.24) is 0 Å². The first kappa shape index (κ1) is 61.6. The summed E-state index contributed by atoms with van der Waals surface area (Å²) in [6.07, 6.45) is 62.7. The van der Waals surface area contributed by atoms with E-state index in [0.29, 0.717) is 19.3 Å². The Labute approximate surface area is 397 Å². The van der Waals surface area contributed by atoms with E-state index in [4.69, 9.17) is 14.2 Å². The van der Waals surface area contributed by atoms with Crippen molar-refractivity contribution in [2.45, 2.75) is 303 Å². The number of allylic oxidation sites excluding steroid dienone is 6. The molecule has 0 saturated carbocycles. The zero-order chi connectivity index (χ0) is 46.5. The highest BCUT2D eigenvalue weighted by Gasteiger charge is 2.19. The number of unbranched alkanes of at least 4 members (excludes halogenated alkanes) is 34. The maximum Gasteiger partial charge on any atom is 0.306 e. The van der Waals surface area contributed by atoms with E-state index in [2.05, 4.69) is 57.2 Å². The predicted octanol–water partition coefficient (Wildman–Crippen LogP) is 18.5. The summed E-state index contributed by atoms with van der Waals surface area (Å²) in [5, 5.41) is 0. The maximum atomic E-state index is 12.8. The molecule has 374 valence electrons. The van der Waals surface area contributed by atoms with Gasteiger partial charge in [0.2, 0.25) is 0 Å². The Bertz CT molecular complexity index is 1080. The second-order valence-electron chi connectivity index (χ2n) is 18.8. The van der Waals surface area contributed by atoms with Gasteiger partial charge in [-0.1, -0.05) is 243 Å². The normalized spacial score (nSPS) is 12.2. The fraction of sp³-hybridized carbons (Fsp3) is 0.845. The lowest BCUT2D eigenvalue weighted by Crippen LogP contribution is -2.30. The smallest absolute Gasteiger partial charge is 0.306 e. The van der Waals surface area contributed by atoms with Gasteiger partial charge in [-0.15, -0.1) is 0 Å². The first-order valence-electron chi connectivity index (χ1n) is 28.0. The Hall–Kier alpha value is -2.37. The lowest BCUT2D eigenvalue weighted by molar-refractivity contribution is -0.167. The van der Waals surface area contributed by atoms with Gasteiger partial charge in [-0.05, 0) is 70.6 Å². The Morgan fingerprint density at radius 1 is 0.312 bits per heavy atom. The molecule has 0 rings (SSSR count). The topological polar surface area (TPSA) is 78.9 Å². The molecule has 0 amide bonds. The second-order valence-corrected chi connectivity index (χ2v) is 18.8. The molecular weight excluding hydrogens is 793 g/mol. The summed E-state index contributed by atoms with van der Waals surface area (Å²) in [5.74, 6) is -0.878. The number of carbonyl (C=O) groups is 3. The number of esters is 3. The van der Waals surface area contributed by atoms with Crippen molar-refractivity contribution in [2.75, 3.05) is 13.2 Å². The van der Waals surface area contributed by atoms with Crippen LogP contribution in [0.5, 0.6) is 0 Å². The summed E-state index contributed by atoms with van der Waals surface area (Å²) in [6.45, 7) is 6.61. The molecular formula is C58H106O6. The van der Waals surface area contributed by atoms with E-state index in [1.165, 1.54) is 180 Å². The van der Waals surface area contributed by atoms with Crippen LogP contribution in [0.2, 0.25) is 0 Å². The standard InChI is InChI=1S/C58H106O6/c1-4-7-10-13-16-19-22-24-26-28-30-31-33-36-39-42-45-48-51-57(60)63-54-55(53-62-56(59)50-47-44-41-38-35-21-18-15-12-9-6-3)64-58(61)52-49-46-43-40-37-34-32-29-27-25-23-20-17-14-11-8-5-2/h15,18-19,22,26,28,55H,4-14,16-17,20-21,23-25,27,29-54H2,1-3H3/b18-15-,22-19-,28-26-. The molecule has 0 N–H and O–H groups in total. The van der Waals surface area contributed by atoms with Crippen LogP contribution >= 0.6 is 0 Å². The molecule has 0 saturated heterocycles. The van der Waals surface area contributed by atoms with Gasteiger partial charge in [-0.3, -0.25) is 14.4 Å². The number of hydrogen-bond acceptors (Lipinski definition) is 6. The molecule has 1 unspecified atom stereocenters. The molecule has 0 bridgehead atoms. The Morgan fingerprint density at radius 3 is 0.938 bits per heavy atom. The zero-order valence-corrected chi connectivity index (χ0v) is 42.8. The third kappa shape index (κ3) is 50.6. The molecule has 6 nitrogen and oxygen atoms in total. The van der Waals surface area contributed by atoms with Crippen LogP contribution in [-0.4, -0.2) is 37.2 Å². The largest absolute Gasteiger partial charge is 0.462 e. The van der Waals surface area contributed by atoms with Gasteiger partial charge in [0.1, 0.15) is 13.2 Å². The van der Waals surface area contributed by atoms with E-state index in [0.717, 1.165) is 77.0 Å². The number of hydrogen-bond donors (Lipinski definition) is 0. The molecule has 64 heavy (non-hydrogen) atoms. The maximum absolute atomic E-state index is 12.8. The summed E-state index contributed by atoms with van der Waals surface area (Å²) in [7, 11) is 0. The highest BCUT2D eigenvalue weighted by molar-refractivity contribution is 5.71. The second kappa shape index (κ2) is 53.2. The zero-order valence-electron chi connectivity index (χ0n) is 42.8. The lowest BCUT2D eigenvalue weighted by Gasteiger charge is -2.18. The third-order valence-electron chi connectivity index (χ3n) is 12.4. The summed E-state index contributed by atoms with van der Waals surface area (Å²) in [4.78, 5) is 38.0. The highest BCUT2D eigenvalue weighted by Crippen LogP contribution is 2.16. The van der Waals surface area contributed by atoms with Gasteiger partial charge < -0.3 is 14.2 Å². The van der Waals surface area contributed by atoms with Crippen molar-refractivity contribution in [3.05, 3.63) is 36.5 Å². The van der Waals surface area contributed by atoms with Crippen molar-refractivity contribution in [3.63, 3.8) is 0 Å². The molecule has 0 aromatic heterocycles. The van der Waals surface area contributed by atoms with Gasteiger partial charge in [0, 0.05) is 19.3 Å². The summed E-state index contributed by atoms with van der Waals surface area (Å²) in [5.41, 5.74) is 0. The minimum Gasteiger partial charge on any atom is -0.462 e. The average molecular weight is 899 g/mol. The highest BCUT2D eigenvalue weighted by atomic mass is 16.6. The minimum atomic E-state index is -0.775. The van der Waals surface area contributed by atoms with Crippen molar-refractivity contribution in [2.24, 2.45) is 0 Å². The van der Waals surface area contributed by atoms with Crippen LogP contribution in [-0.2, 0) is 28.6 Å². The molecule has 1 atom stereocenters. The van der Waals surface area contributed by atoms with Crippen LogP contribution in [0.3, 0.4) is 0 Å². The molecule has 0 aliphatic carbocycles. The molecule has 0 aromatic carbocycles. The van der Waals surface area contributed by atoms with E-state index < -0.39 is 6.10 Å². The van der Waals surface area contributed by atoms with Crippen molar-refractivity contribution in [1.29, 1.82) is 0 Å². The van der Waals surface area contributed by atoms with Crippen molar-refractivity contribution < 1.29 is 28.6 Å². The van der Waals surface area contributed by atoms with Crippen LogP contribution in [0.4, 0.5) is 0 Å². The molecule has 0 aliphatic rings. The van der Waals surface area contributed by atoms with E-state index in [-0.39, 0.29) is 31.1 Å².